The topological polar surface area (TPSA) is 35.7 Å². The summed E-state index contributed by atoms with van der Waals surface area (Å²) < 4.78 is 0. The van der Waals surface area contributed by atoms with Crippen LogP contribution in [0.15, 0.2) is 18.2 Å². The summed E-state index contributed by atoms with van der Waals surface area (Å²) in [6.07, 6.45) is 0. The molecule has 0 bridgehead atoms. The number of nitrogens with zero attached hydrogens (tertiary/aromatic N) is 3. The van der Waals surface area contributed by atoms with Crippen molar-refractivity contribution in [1.82, 2.24) is 4.90 Å². The normalized spacial score (nSPS) is 23.5. The van der Waals surface area contributed by atoms with Crippen LogP contribution < -0.4 is 15.5 Å². The summed E-state index contributed by atoms with van der Waals surface area (Å²) in [6.45, 7) is 9.01. The highest BCUT2D eigenvalue weighted by Crippen LogP contribution is 2.38. The van der Waals surface area contributed by atoms with E-state index in [1.54, 1.807) is 0 Å². The van der Waals surface area contributed by atoms with E-state index in [0.29, 0.717) is 12.1 Å². The summed E-state index contributed by atoms with van der Waals surface area (Å²) in [5.74, 6) is 0. The zero-order valence-corrected chi connectivity index (χ0v) is 12.1. The zero-order chi connectivity index (χ0) is 13.6. The number of benzene rings is 1. The number of rotatable bonds is 1. The first-order chi connectivity index (χ1) is 9.06. The van der Waals surface area contributed by atoms with E-state index < -0.39 is 0 Å². The van der Waals surface area contributed by atoms with Gasteiger partial charge < -0.3 is 20.4 Å². The number of piperazine rings is 1. The standard InChI is InChI=1S/C15H24N4/c1-11(2)19-10-13-9-17(3)6-7-18(13)15-8-12(16)4-5-14(15)19/h4-5,8,11,13H,6-7,9-10,16H2,1-3H3/t13-/m0/s1. The lowest BCUT2D eigenvalue weighted by atomic mass is 10.0. The second kappa shape index (κ2) is 4.60. The summed E-state index contributed by atoms with van der Waals surface area (Å²) in [6, 6.07) is 7.44. The molecule has 1 aromatic rings. The van der Waals surface area contributed by atoms with Crippen molar-refractivity contribution in [1.29, 1.82) is 0 Å². The minimum absolute atomic E-state index is 0.525. The molecule has 3 rings (SSSR count). The number of anilines is 3. The molecule has 104 valence electrons. The van der Waals surface area contributed by atoms with E-state index in [1.165, 1.54) is 11.4 Å². The summed E-state index contributed by atoms with van der Waals surface area (Å²) in [5.41, 5.74) is 9.52. The van der Waals surface area contributed by atoms with Crippen molar-refractivity contribution in [3.05, 3.63) is 18.2 Å². The first kappa shape index (κ1) is 12.6. The second-order valence-electron chi connectivity index (χ2n) is 6.10. The van der Waals surface area contributed by atoms with Gasteiger partial charge >= 0.3 is 0 Å². The highest BCUT2D eigenvalue weighted by molar-refractivity contribution is 5.78. The van der Waals surface area contributed by atoms with E-state index in [1.807, 2.05) is 6.07 Å². The van der Waals surface area contributed by atoms with Crippen molar-refractivity contribution in [2.75, 3.05) is 48.8 Å². The fourth-order valence-corrected chi connectivity index (χ4v) is 3.31. The third-order valence-electron chi connectivity index (χ3n) is 4.33. The first-order valence-electron chi connectivity index (χ1n) is 7.17. The Balaban J connectivity index is 2.03. The molecular weight excluding hydrogens is 236 g/mol. The number of nitrogens with two attached hydrogens (primary N) is 1. The van der Waals surface area contributed by atoms with Crippen molar-refractivity contribution in [3.63, 3.8) is 0 Å². The van der Waals surface area contributed by atoms with Crippen LogP contribution in [0.25, 0.3) is 0 Å². The Labute approximate surface area is 115 Å². The third-order valence-corrected chi connectivity index (χ3v) is 4.33. The summed E-state index contributed by atoms with van der Waals surface area (Å²) >= 11 is 0. The van der Waals surface area contributed by atoms with Crippen LogP contribution in [0.5, 0.6) is 0 Å². The van der Waals surface area contributed by atoms with Gasteiger partial charge in [-0.1, -0.05) is 0 Å². The molecule has 1 saturated heterocycles. The Hall–Kier alpha value is -1.42. The molecule has 2 N–H and O–H groups in total. The quantitative estimate of drug-likeness (QED) is 0.778. The van der Waals surface area contributed by atoms with Crippen LogP contribution in [0.2, 0.25) is 0 Å². The van der Waals surface area contributed by atoms with E-state index in [2.05, 4.69) is 47.7 Å². The second-order valence-corrected chi connectivity index (χ2v) is 6.10. The molecule has 0 saturated carbocycles. The minimum Gasteiger partial charge on any atom is -0.399 e. The Morgan fingerprint density at radius 1 is 1.16 bits per heavy atom. The van der Waals surface area contributed by atoms with E-state index in [0.717, 1.165) is 31.9 Å². The maximum atomic E-state index is 6.00. The molecule has 2 aliphatic rings. The maximum Gasteiger partial charge on any atom is 0.0628 e. The van der Waals surface area contributed by atoms with Gasteiger partial charge in [0.05, 0.1) is 17.4 Å². The van der Waals surface area contributed by atoms with Crippen LogP contribution >= 0.6 is 0 Å². The zero-order valence-electron chi connectivity index (χ0n) is 12.1. The number of hydrogen-bond acceptors (Lipinski definition) is 4. The first-order valence-corrected chi connectivity index (χ1v) is 7.17. The van der Waals surface area contributed by atoms with E-state index in [4.69, 9.17) is 5.73 Å². The summed E-state index contributed by atoms with van der Waals surface area (Å²) in [4.78, 5) is 7.48. The molecule has 0 aliphatic carbocycles. The molecule has 19 heavy (non-hydrogen) atoms. The molecule has 0 spiro atoms. The van der Waals surface area contributed by atoms with Gasteiger partial charge in [-0.05, 0) is 39.1 Å². The monoisotopic (exact) mass is 260 g/mol. The van der Waals surface area contributed by atoms with E-state index >= 15 is 0 Å². The number of fused-ring (bicyclic) bond motifs is 3. The minimum atomic E-state index is 0.525. The molecule has 2 aliphatic heterocycles. The SMILES string of the molecule is CC(C)N1C[C@@H]2CN(C)CCN2c2cc(N)ccc21. The third kappa shape index (κ3) is 2.14. The predicted molar refractivity (Wildman–Crippen MR) is 82.0 cm³/mol. The van der Waals surface area contributed by atoms with Gasteiger partial charge in [-0.15, -0.1) is 0 Å². The number of hydrogen-bond donors (Lipinski definition) is 1. The molecule has 0 unspecified atom stereocenters. The fraction of sp³-hybridized carbons (Fsp3) is 0.600. The number of likely N-dealkylation sites (N-methyl/N-ethyl adjacent to an activating group) is 1. The van der Waals surface area contributed by atoms with Crippen molar-refractivity contribution in [3.8, 4) is 0 Å². The van der Waals surface area contributed by atoms with Crippen molar-refractivity contribution < 1.29 is 0 Å². The fourth-order valence-electron chi connectivity index (χ4n) is 3.31. The van der Waals surface area contributed by atoms with Gasteiger partial charge in [0.15, 0.2) is 0 Å². The maximum absolute atomic E-state index is 6.00. The van der Waals surface area contributed by atoms with Crippen LogP contribution in [-0.2, 0) is 0 Å². The molecular formula is C15H24N4. The van der Waals surface area contributed by atoms with Crippen LogP contribution in [0.3, 0.4) is 0 Å². The number of nitrogen functional groups attached to an aromatic ring is 1. The van der Waals surface area contributed by atoms with Crippen LogP contribution in [0.4, 0.5) is 17.1 Å². The van der Waals surface area contributed by atoms with Crippen LogP contribution in [-0.4, -0.2) is 50.2 Å². The Bertz CT molecular complexity index is 471. The summed E-state index contributed by atoms with van der Waals surface area (Å²) in [5, 5.41) is 0. The lowest BCUT2D eigenvalue weighted by Gasteiger charge is -2.50. The Morgan fingerprint density at radius 2 is 1.95 bits per heavy atom. The van der Waals surface area contributed by atoms with Crippen molar-refractivity contribution >= 4 is 17.1 Å². The van der Waals surface area contributed by atoms with Crippen molar-refractivity contribution in [2.24, 2.45) is 0 Å². The Kier molecular flexibility index (Phi) is 3.05. The molecule has 0 amide bonds. The smallest absolute Gasteiger partial charge is 0.0628 e. The average molecular weight is 260 g/mol. The highest BCUT2D eigenvalue weighted by atomic mass is 15.3. The molecule has 4 nitrogen and oxygen atoms in total. The average Bonchev–Trinajstić information content (AvgIpc) is 2.36. The molecule has 1 aromatic carbocycles. The molecule has 0 aromatic heterocycles. The molecule has 4 heteroatoms. The molecule has 2 heterocycles. The van der Waals surface area contributed by atoms with Gasteiger partial charge in [-0.2, -0.15) is 0 Å². The summed E-state index contributed by atoms with van der Waals surface area (Å²) in [7, 11) is 2.21. The largest absolute Gasteiger partial charge is 0.399 e. The van der Waals surface area contributed by atoms with Gasteiger partial charge in [0.25, 0.3) is 0 Å². The van der Waals surface area contributed by atoms with Gasteiger partial charge in [-0.25, -0.2) is 0 Å². The van der Waals surface area contributed by atoms with E-state index in [-0.39, 0.29) is 0 Å². The van der Waals surface area contributed by atoms with Gasteiger partial charge in [0.1, 0.15) is 0 Å². The lowest BCUT2D eigenvalue weighted by molar-refractivity contribution is 0.263. The van der Waals surface area contributed by atoms with Crippen LogP contribution in [0.1, 0.15) is 13.8 Å². The van der Waals surface area contributed by atoms with Gasteiger partial charge in [-0.3, -0.25) is 0 Å². The molecule has 1 fully saturated rings. The molecule has 0 radical (unpaired) electrons. The highest BCUT2D eigenvalue weighted by Gasteiger charge is 2.34. The van der Waals surface area contributed by atoms with Crippen molar-refractivity contribution in [2.45, 2.75) is 25.9 Å². The van der Waals surface area contributed by atoms with Gasteiger partial charge in [0, 0.05) is 37.9 Å². The molecule has 1 atom stereocenters. The predicted octanol–water partition coefficient (Wildman–Crippen LogP) is 1.62. The Morgan fingerprint density at radius 3 is 2.68 bits per heavy atom. The van der Waals surface area contributed by atoms with Crippen LogP contribution in [0, 0.1) is 0 Å². The van der Waals surface area contributed by atoms with Gasteiger partial charge in [0.2, 0.25) is 0 Å². The lowest BCUT2D eigenvalue weighted by Crippen LogP contribution is -2.60. The van der Waals surface area contributed by atoms with E-state index in [9.17, 15) is 0 Å².